The van der Waals surface area contributed by atoms with Crippen molar-refractivity contribution in [2.45, 2.75) is 39.3 Å². The molecule has 1 heterocycles. The quantitative estimate of drug-likeness (QED) is 0.818. The van der Waals surface area contributed by atoms with Gasteiger partial charge in [0.25, 0.3) is 0 Å². The number of benzene rings is 1. The van der Waals surface area contributed by atoms with Gasteiger partial charge in [-0.3, -0.25) is 14.5 Å². The number of carbonyl (C=O) groups is 2. The number of amides is 2. The predicted molar refractivity (Wildman–Crippen MR) is 73.4 cm³/mol. The van der Waals surface area contributed by atoms with Crippen LogP contribution in [-0.2, 0) is 16.1 Å². The first-order valence-corrected chi connectivity index (χ1v) is 6.75. The molecule has 1 saturated heterocycles. The Labute approximate surface area is 113 Å². The van der Waals surface area contributed by atoms with Crippen LogP contribution in [0.5, 0.6) is 0 Å². The molecule has 1 fully saturated rings. The van der Waals surface area contributed by atoms with E-state index in [0.29, 0.717) is 13.1 Å². The van der Waals surface area contributed by atoms with Gasteiger partial charge in [0, 0.05) is 13.1 Å². The van der Waals surface area contributed by atoms with Crippen molar-refractivity contribution in [2.75, 3.05) is 6.54 Å². The summed E-state index contributed by atoms with van der Waals surface area (Å²) in [5.41, 5.74) is 2.34. The number of likely N-dealkylation sites (tertiary alicyclic amines) is 1. The zero-order valence-corrected chi connectivity index (χ0v) is 11.5. The van der Waals surface area contributed by atoms with Gasteiger partial charge in [0.05, 0.1) is 12.5 Å². The van der Waals surface area contributed by atoms with Crippen LogP contribution in [0, 0.1) is 6.92 Å². The van der Waals surface area contributed by atoms with Gasteiger partial charge in [-0.2, -0.15) is 0 Å². The summed E-state index contributed by atoms with van der Waals surface area (Å²) < 4.78 is 0. The van der Waals surface area contributed by atoms with E-state index in [1.807, 2.05) is 38.1 Å². The number of hydrogen-bond donors (Lipinski definition) is 1. The van der Waals surface area contributed by atoms with Crippen LogP contribution < -0.4 is 5.32 Å². The molecule has 2 amide bonds. The van der Waals surface area contributed by atoms with Crippen LogP contribution in [0.15, 0.2) is 24.3 Å². The Morgan fingerprint density at radius 2 is 1.95 bits per heavy atom. The number of imide groups is 1. The first kappa shape index (κ1) is 13.7. The Hall–Kier alpha value is -1.68. The molecule has 1 aliphatic rings. The lowest BCUT2D eigenvalue weighted by molar-refractivity contribution is -0.138. The van der Waals surface area contributed by atoms with E-state index in [1.165, 1.54) is 10.5 Å². The average Bonchev–Trinajstić information content (AvgIpc) is 2.66. The summed E-state index contributed by atoms with van der Waals surface area (Å²) in [6.45, 7) is 5.15. The molecule has 0 radical (unpaired) electrons. The zero-order chi connectivity index (χ0) is 13.8. The highest BCUT2D eigenvalue weighted by atomic mass is 16.2. The van der Waals surface area contributed by atoms with Crippen molar-refractivity contribution in [3.63, 3.8) is 0 Å². The van der Waals surface area contributed by atoms with Crippen LogP contribution in [0.3, 0.4) is 0 Å². The van der Waals surface area contributed by atoms with E-state index in [2.05, 4.69) is 5.32 Å². The second kappa shape index (κ2) is 5.97. The molecule has 0 aliphatic carbocycles. The maximum Gasteiger partial charge on any atom is 0.246 e. The fourth-order valence-electron chi connectivity index (χ4n) is 2.25. The van der Waals surface area contributed by atoms with Gasteiger partial charge < -0.3 is 5.32 Å². The molecule has 1 unspecified atom stereocenters. The summed E-state index contributed by atoms with van der Waals surface area (Å²) in [7, 11) is 0. The molecule has 1 aromatic carbocycles. The summed E-state index contributed by atoms with van der Waals surface area (Å²) in [4.78, 5) is 25.1. The largest absolute Gasteiger partial charge is 0.301 e. The number of rotatable bonds is 5. The monoisotopic (exact) mass is 260 g/mol. The lowest BCUT2D eigenvalue weighted by Gasteiger charge is -2.14. The third-order valence-electron chi connectivity index (χ3n) is 3.36. The molecule has 0 bridgehead atoms. The zero-order valence-electron chi connectivity index (χ0n) is 11.5. The van der Waals surface area contributed by atoms with Crippen LogP contribution in [0.2, 0.25) is 0 Å². The molecule has 0 spiro atoms. The molecule has 19 heavy (non-hydrogen) atoms. The maximum atomic E-state index is 12.0. The fourth-order valence-corrected chi connectivity index (χ4v) is 2.25. The van der Waals surface area contributed by atoms with Gasteiger partial charge in [-0.25, -0.2) is 0 Å². The average molecular weight is 260 g/mol. The Bertz CT molecular complexity index is 468. The van der Waals surface area contributed by atoms with Crippen molar-refractivity contribution in [3.05, 3.63) is 35.4 Å². The van der Waals surface area contributed by atoms with Crippen molar-refractivity contribution < 1.29 is 9.59 Å². The molecule has 0 saturated carbocycles. The molecule has 1 aromatic rings. The van der Waals surface area contributed by atoms with E-state index < -0.39 is 0 Å². The number of aryl methyl sites for hydroxylation is 1. The third kappa shape index (κ3) is 3.20. The fraction of sp³-hybridized carbons (Fsp3) is 0.467. The van der Waals surface area contributed by atoms with Gasteiger partial charge >= 0.3 is 0 Å². The molecule has 102 valence electrons. The minimum atomic E-state index is -0.361. The van der Waals surface area contributed by atoms with Gasteiger partial charge in [0.1, 0.15) is 0 Å². The molecule has 1 atom stereocenters. The number of nitrogens with one attached hydrogen (secondary N) is 1. The van der Waals surface area contributed by atoms with E-state index in [0.717, 1.165) is 12.0 Å². The van der Waals surface area contributed by atoms with Crippen LogP contribution in [0.25, 0.3) is 0 Å². The molecule has 4 nitrogen and oxygen atoms in total. The number of carbonyl (C=O) groups excluding carboxylic acids is 2. The van der Waals surface area contributed by atoms with Crippen LogP contribution in [-0.4, -0.2) is 29.3 Å². The van der Waals surface area contributed by atoms with E-state index >= 15 is 0 Å². The van der Waals surface area contributed by atoms with Crippen LogP contribution in [0.4, 0.5) is 0 Å². The van der Waals surface area contributed by atoms with E-state index in [9.17, 15) is 9.59 Å². The minimum Gasteiger partial charge on any atom is -0.301 e. The summed E-state index contributed by atoms with van der Waals surface area (Å²) in [6, 6.07) is 7.80. The third-order valence-corrected chi connectivity index (χ3v) is 3.36. The molecule has 1 aliphatic heterocycles. The Kier molecular flexibility index (Phi) is 4.32. The van der Waals surface area contributed by atoms with E-state index in [1.54, 1.807) is 0 Å². The van der Waals surface area contributed by atoms with Gasteiger partial charge in [0.2, 0.25) is 11.8 Å². The second-order valence-electron chi connectivity index (χ2n) is 5.01. The number of hydrogen-bond acceptors (Lipinski definition) is 3. The van der Waals surface area contributed by atoms with Gasteiger partial charge in [-0.15, -0.1) is 0 Å². The summed E-state index contributed by atoms with van der Waals surface area (Å²) in [6.07, 6.45) is 1.09. The molecule has 4 heteroatoms. The summed E-state index contributed by atoms with van der Waals surface area (Å²) in [5, 5.41) is 3.17. The summed E-state index contributed by atoms with van der Waals surface area (Å²) in [5.74, 6) is -0.146. The number of nitrogens with zero attached hydrogens (tertiary/aromatic N) is 1. The van der Waals surface area contributed by atoms with Gasteiger partial charge in [-0.05, 0) is 18.9 Å². The van der Waals surface area contributed by atoms with Crippen molar-refractivity contribution in [3.8, 4) is 0 Å². The molecule has 0 aromatic heterocycles. The first-order valence-electron chi connectivity index (χ1n) is 6.75. The Morgan fingerprint density at radius 1 is 1.26 bits per heavy atom. The molecular formula is C15H20N2O2. The molecule has 1 N–H and O–H groups in total. The first-order chi connectivity index (χ1) is 9.11. The predicted octanol–water partition coefficient (Wildman–Crippen LogP) is 1.62. The lowest BCUT2D eigenvalue weighted by Crippen LogP contribution is -2.38. The highest BCUT2D eigenvalue weighted by molar-refractivity contribution is 6.05. The van der Waals surface area contributed by atoms with Crippen molar-refractivity contribution in [1.82, 2.24) is 10.2 Å². The van der Waals surface area contributed by atoms with Crippen molar-refractivity contribution >= 4 is 11.8 Å². The topological polar surface area (TPSA) is 49.4 Å². The van der Waals surface area contributed by atoms with Crippen molar-refractivity contribution in [2.24, 2.45) is 0 Å². The van der Waals surface area contributed by atoms with Gasteiger partial charge in [-0.1, -0.05) is 36.8 Å². The maximum absolute atomic E-state index is 12.0. The van der Waals surface area contributed by atoms with E-state index in [4.69, 9.17) is 0 Å². The minimum absolute atomic E-state index is 0.0618. The smallest absolute Gasteiger partial charge is 0.246 e. The summed E-state index contributed by atoms with van der Waals surface area (Å²) >= 11 is 0. The highest BCUT2D eigenvalue weighted by Crippen LogP contribution is 2.14. The molecular weight excluding hydrogens is 240 g/mol. The van der Waals surface area contributed by atoms with Gasteiger partial charge in [0.15, 0.2) is 0 Å². The highest BCUT2D eigenvalue weighted by Gasteiger charge is 2.37. The Balaban J connectivity index is 1.92. The van der Waals surface area contributed by atoms with Crippen LogP contribution >= 0.6 is 0 Å². The normalized spacial score (nSPS) is 19.3. The molecule has 2 rings (SSSR count). The Morgan fingerprint density at radius 3 is 2.58 bits per heavy atom. The standard InChI is InChI=1S/C15H20N2O2/c1-3-8-17-14(18)9-13(15(17)19)16-10-12-6-4-11(2)5-7-12/h4-7,13,16H,3,8-10H2,1-2H3. The van der Waals surface area contributed by atoms with E-state index in [-0.39, 0.29) is 24.3 Å². The second-order valence-corrected chi connectivity index (χ2v) is 5.01. The van der Waals surface area contributed by atoms with Crippen molar-refractivity contribution in [1.29, 1.82) is 0 Å². The SMILES string of the molecule is CCCN1C(=O)CC(NCc2ccc(C)cc2)C1=O. The van der Waals surface area contributed by atoms with Crippen LogP contribution in [0.1, 0.15) is 30.9 Å². The lowest BCUT2D eigenvalue weighted by atomic mass is 10.1.